The first-order valence-corrected chi connectivity index (χ1v) is 7.33. The van der Waals surface area contributed by atoms with E-state index in [0.29, 0.717) is 16.5 Å². The predicted molar refractivity (Wildman–Crippen MR) is 81.2 cm³/mol. The van der Waals surface area contributed by atoms with Gasteiger partial charge in [-0.2, -0.15) is 18.3 Å². The van der Waals surface area contributed by atoms with Crippen molar-refractivity contribution in [2.75, 3.05) is 0 Å². The van der Waals surface area contributed by atoms with Gasteiger partial charge in [-0.1, -0.05) is 23.2 Å². The number of hydrogen-bond acceptors (Lipinski definition) is 4. The Labute approximate surface area is 144 Å². The van der Waals surface area contributed by atoms with Crippen LogP contribution in [0.15, 0.2) is 36.8 Å². The molecule has 0 N–H and O–H groups in total. The maximum absolute atomic E-state index is 13.0. The van der Waals surface area contributed by atoms with Crippen molar-refractivity contribution in [1.82, 2.24) is 24.7 Å². The molecule has 3 rings (SSSR count). The first kappa shape index (κ1) is 16.7. The SMILES string of the molecule is FC(F)(F)c1cc(Cc2ncc(Cl)cn2)n(-c2ccnc(Cl)c2)n1. The van der Waals surface area contributed by atoms with Gasteiger partial charge >= 0.3 is 6.18 Å². The molecule has 0 radical (unpaired) electrons. The van der Waals surface area contributed by atoms with Crippen molar-refractivity contribution in [3.05, 3.63) is 64.2 Å². The minimum absolute atomic E-state index is 0.0419. The van der Waals surface area contributed by atoms with Crippen molar-refractivity contribution in [2.45, 2.75) is 12.6 Å². The molecule has 0 aliphatic carbocycles. The van der Waals surface area contributed by atoms with E-state index in [2.05, 4.69) is 20.1 Å². The molecule has 0 aliphatic heterocycles. The molecular weight excluding hydrogens is 366 g/mol. The molecule has 10 heteroatoms. The van der Waals surface area contributed by atoms with Gasteiger partial charge in [0.15, 0.2) is 5.69 Å². The molecule has 0 saturated carbocycles. The van der Waals surface area contributed by atoms with Crippen LogP contribution in [0.5, 0.6) is 0 Å². The summed E-state index contributed by atoms with van der Waals surface area (Å²) >= 11 is 11.5. The Kier molecular flexibility index (Phi) is 4.42. The smallest absolute Gasteiger partial charge is 0.244 e. The monoisotopic (exact) mass is 373 g/mol. The molecule has 0 unspecified atom stereocenters. The van der Waals surface area contributed by atoms with Crippen LogP contribution in [0.1, 0.15) is 17.2 Å². The van der Waals surface area contributed by atoms with E-state index in [-0.39, 0.29) is 17.3 Å². The second-order valence-electron chi connectivity index (χ2n) is 4.76. The lowest BCUT2D eigenvalue weighted by molar-refractivity contribution is -0.141. The van der Waals surface area contributed by atoms with Crippen LogP contribution in [-0.2, 0) is 12.6 Å². The zero-order valence-electron chi connectivity index (χ0n) is 11.8. The normalized spacial score (nSPS) is 11.7. The minimum atomic E-state index is -4.57. The average molecular weight is 374 g/mol. The molecule has 24 heavy (non-hydrogen) atoms. The van der Waals surface area contributed by atoms with Crippen LogP contribution in [-0.4, -0.2) is 24.7 Å². The summed E-state index contributed by atoms with van der Waals surface area (Å²) in [5.41, 5.74) is -0.402. The third kappa shape index (κ3) is 3.65. The van der Waals surface area contributed by atoms with Crippen LogP contribution >= 0.6 is 23.2 Å². The Morgan fingerprint density at radius 1 is 1.04 bits per heavy atom. The maximum atomic E-state index is 13.0. The van der Waals surface area contributed by atoms with Crippen LogP contribution in [0, 0.1) is 0 Å². The molecule has 0 fully saturated rings. The molecular formula is C14H8Cl2F3N5. The lowest BCUT2D eigenvalue weighted by Crippen LogP contribution is -2.08. The molecule has 0 amide bonds. The molecule has 0 aromatic carbocycles. The number of pyridine rings is 1. The van der Waals surface area contributed by atoms with E-state index in [9.17, 15) is 13.2 Å². The number of aromatic nitrogens is 5. The highest BCUT2D eigenvalue weighted by molar-refractivity contribution is 6.30. The van der Waals surface area contributed by atoms with E-state index in [1.807, 2.05) is 0 Å². The Hall–Kier alpha value is -2.19. The van der Waals surface area contributed by atoms with E-state index >= 15 is 0 Å². The molecule has 0 atom stereocenters. The van der Waals surface area contributed by atoms with Crippen molar-refractivity contribution in [1.29, 1.82) is 0 Å². The standard InChI is InChI=1S/C14H8Cl2F3N5/c15-8-6-21-13(22-7-8)5-10-3-11(14(17,18)19)23-24(10)9-1-2-20-12(16)4-9/h1-4,6-7H,5H2. The molecule has 0 spiro atoms. The third-order valence-electron chi connectivity index (χ3n) is 3.04. The Balaban J connectivity index is 2.06. The van der Waals surface area contributed by atoms with E-state index in [4.69, 9.17) is 23.2 Å². The highest BCUT2D eigenvalue weighted by Crippen LogP contribution is 2.30. The molecule has 0 aliphatic rings. The summed E-state index contributed by atoms with van der Waals surface area (Å²) in [6, 6.07) is 3.87. The predicted octanol–water partition coefficient (Wildman–Crippen LogP) is 3.97. The number of nitrogens with zero attached hydrogens (tertiary/aromatic N) is 5. The molecule has 3 heterocycles. The zero-order chi connectivity index (χ0) is 17.3. The highest BCUT2D eigenvalue weighted by Gasteiger charge is 2.35. The van der Waals surface area contributed by atoms with Gasteiger partial charge in [0.25, 0.3) is 0 Å². The minimum Gasteiger partial charge on any atom is -0.244 e. The van der Waals surface area contributed by atoms with Gasteiger partial charge in [-0.05, 0) is 12.1 Å². The summed E-state index contributed by atoms with van der Waals surface area (Å²) in [6.07, 6.45) is -0.399. The zero-order valence-corrected chi connectivity index (χ0v) is 13.3. The van der Waals surface area contributed by atoms with Crippen molar-refractivity contribution >= 4 is 23.2 Å². The van der Waals surface area contributed by atoms with E-state index < -0.39 is 11.9 Å². The first-order chi connectivity index (χ1) is 11.3. The highest BCUT2D eigenvalue weighted by atomic mass is 35.5. The van der Waals surface area contributed by atoms with E-state index in [1.54, 1.807) is 0 Å². The van der Waals surface area contributed by atoms with Gasteiger partial charge in [-0.15, -0.1) is 0 Å². The molecule has 3 aromatic heterocycles. The Morgan fingerprint density at radius 3 is 2.38 bits per heavy atom. The molecule has 3 aromatic rings. The Bertz CT molecular complexity index is 862. The lowest BCUT2D eigenvalue weighted by atomic mass is 10.2. The van der Waals surface area contributed by atoms with Crippen LogP contribution in [0.2, 0.25) is 10.2 Å². The number of halogens is 5. The summed E-state index contributed by atoms with van der Waals surface area (Å²) < 4.78 is 40.2. The fourth-order valence-corrected chi connectivity index (χ4v) is 2.29. The van der Waals surface area contributed by atoms with Crippen molar-refractivity contribution < 1.29 is 13.2 Å². The van der Waals surface area contributed by atoms with Gasteiger partial charge in [-0.25, -0.2) is 19.6 Å². The average Bonchev–Trinajstić information content (AvgIpc) is 2.94. The van der Waals surface area contributed by atoms with Crippen molar-refractivity contribution in [3.8, 4) is 5.69 Å². The second-order valence-corrected chi connectivity index (χ2v) is 5.59. The summed E-state index contributed by atoms with van der Waals surface area (Å²) in [5, 5.41) is 4.11. The molecule has 0 bridgehead atoms. The van der Waals surface area contributed by atoms with Gasteiger partial charge in [0, 0.05) is 24.7 Å². The summed E-state index contributed by atoms with van der Waals surface area (Å²) in [6.45, 7) is 0. The van der Waals surface area contributed by atoms with Gasteiger partial charge in [0.05, 0.1) is 22.8 Å². The van der Waals surface area contributed by atoms with Gasteiger partial charge in [0.1, 0.15) is 11.0 Å². The van der Waals surface area contributed by atoms with Crippen LogP contribution in [0.25, 0.3) is 5.69 Å². The summed E-state index contributed by atoms with van der Waals surface area (Å²) in [5.74, 6) is 0.314. The quantitative estimate of drug-likeness (QED) is 0.651. The molecule has 5 nitrogen and oxygen atoms in total. The van der Waals surface area contributed by atoms with Crippen LogP contribution in [0.4, 0.5) is 13.2 Å². The first-order valence-electron chi connectivity index (χ1n) is 6.57. The Morgan fingerprint density at radius 2 is 1.75 bits per heavy atom. The number of hydrogen-bond donors (Lipinski definition) is 0. The van der Waals surface area contributed by atoms with Gasteiger partial charge in [0.2, 0.25) is 0 Å². The molecule has 0 saturated heterocycles. The molecule has 124 valence electrons. The fourth-order valence-electron chi connectivity index (χ4n) is 2.02. The van der Waals surface area contributed by atoms with E-state index in [1.165, 1.54) is 30.7 Å². The van der Waals surface area contributed by atoms with Crippen LogP contribution in [0.3, 0.4) is 0 Å². The third-order valence-corrected chi connectivity index (χ3v) is 3.44. The topological polar surface area (TPSA) is 56.5 Å². The fraction of sp³-hybridized carbons (Fsp3) is 0.143. The summed E-state index contributed by atoms with van der Waals surface area (Å²) in [7, 11) is 0. The number of alkyl halides is 3. The second kappa shape index (κ2) is 6.37. The lowest BCUT2D eigenvalue weighted by Gasteiger charge is -2.07. The van der Waals surface area contributed by atoms with Crippen molar-refractivity contribution in [2.24, 2.45) is 0 Å². The van der Waals surface area contributed by atoms with Gasteiger partial charge in [-0.3, -0.25) is 0 Å². The number of rotatable bonds is 3. The van der Waals surface area contributed by atoms with Crippen molar-refractivity contribution in [3.63, 3.8) is 0 Å². The van der Waals surface area contributed by atoms with Crippen LogP contribution < -0.4 is 0 Å². The summed E-state index contributed by atoms with van der Waals surface area (Å²) in [4.78, 5) is 11.8. The maximum Gasteiger partial charge on any atom is 0.435 e. The van der Waals surface area contributed by atoms with Gasteiger partial charge < -0.3 is 0 Å². The van der Waals surface area contributed by atoms with E-state index in [0.717, 1.165) is 10.7 Å². The largest absolute Gasteiger partial charge is 0.435 e.